The lowest BCUT2D eigenvalue weighted by Crippen LogP contribution is -2.01. The third kappa shape index (κ3) is 2.22. The number of halogens is 1. The summed E-state index contributed by atoms with van der Waals surface area (Å²) in [4.78, 5) is 0. The van der Waals surface area contributed by atoms with Crippen molar-refractivity contribution in [1.82, 2.24) is 0 Å². The van der Waals surface area contributed by atoms with Crippen molar-refractivity contribution in [2.75, 3.05) is 0 Å². The molecule has 0 radical (unpaired) electrons. The molecule has 0 saturated heterocycles. The maximum Gasteiger partial charge on any atom is 0.0178 e. The van der Waals surface area contributed by atoms with Gasteiger partial charge in [-0.15, -0.1) is 0 Å². The lowest BCUT2D eigenvalue weighted by atomic mass is 9.90. The molecule has 3 aromatic rings. The second-order valence-electron chi connectivity index (χ2n) is 5.56. The van der Waals surface area contributed by atoms with E-state index < -0.39 is 0 Å². The third-order valence-electron chi connectivity index (χ3n) is 4.29. The van der Waals surface area contributed by atoms with Gasteiger partial charge in [-0.1, -0.05) is 76.6 Å². The SMILES string of the molecule is Brc1cccc(CC2c3ccccc3-c3ccccc32)c1. The van der Waals surface area contributed by atoms with Crippen LogP contribution in [0.1, 0.15) is 22.6 Å². The van der Waals surface area contributed by atoms with Gasteiger partial charge in [0, 0.05) is 10.4 Å². The van der Waals surface area contributed by atoms with Gasteiger partial charge in [0.25, 0.3) is 0 Å². The molecule has 102 valence electrons. The van der Waals surface area contributed by atoms with E-state index in [0.29, 0.717) is 5.92 Å². The largest absolute Gasteiger partial charge is 0.0619 e. The summed E-state index contributed by atoms with van der Waals surface area (Å²) >= 11 is 3.57. The van der Waals surface area contributed by atoms with Gasteiger partial charge >= 0.3 is 0 Å². The van der Waals surface area contributed by atoms with Gasteiger partial charge in [0.15, 0.2) is 0 Å². The Morgan fingerprint density at radius 3 is 1.95 bits per heavy atom. The summed E-state index contributed by atoms with van der Waals surface area (Å²) in [7, 11) is 0. The van der Waals surface area contributed by atoms with E-state index in [0.717, 1.165) is 10.9 Å². The molecule has 21 heavy (non-hydrogen) atoms. The Hall–Kier alpha value is -1.86. The minimum atomic E-state index is 0.465. The number of benzene rings is 3. The Bertz CT molecular complexity index is 759. The first kappa shape index (κ1) is 12.8. The Labute approximate surface area is 133 Å². The second-order valence-corrected chi connectivity index (χ2v) is 6.48. The predicted molar refractivity (Wildman–Crippen MR) is 91.6 cm³/mol. The average molecular weight is 335 g/mol. The van der Waals surface area contributed by atoms with Crippen LogP contribution in [0.4, 0.5) is 0 Å². The van der Waals surface area contributed by atoms with Gasteiger partial charge in [0.2, 0.25) is 0 Å². The van der Waals surface area contributed by atoms with Crippen LogP contribution in [0.25, 0.3) is 11.1 Å². The third-order valence-corrected chi connectivity index (χ3v) is 4.78. The molecule has 0 nitrogen and oxygen atoms in total. The minimum Gasteiger partial charge on any atom is -0.0619 e. The molecule has 0 saturated carbocycles. The lowest BCUT2D eigenvalue weighted by Gasteiger charge is -2.14. The Kier molecular flexibility index (Phi) is 3.16. The summed E-state index contributed by atoms with van der Waals surface area (Å²) < 4.78 is 1.15. The van der Waals surface area contributed by atoms with Crippen molar-refractivity contribution in [3.63, 3.8) is 0 Å². The summed E-state index contributed by atoms with van der Waals surface area (Å²) in [6.07, 6.45) is 1.05. The van der Waals surface area contributed by atoms with Crippen molar-refractivity contribution in [3.05, 3.63) is 94.0 Å². The van der Waals surface area contributed by atoms with Crippen LogP contribution in [0.2, 0.25) is 0 Å². The molecule has 0 spiro atoms. The molecule has 1 aliphatic carbocycles. The number of hydrogen-bond acceptors (Lipinski definition) is 0. The lowest BCUT2D eigenvalue weighted by molar-refractivity contribution is 0.826. The molecule has 1 heteroatoms. The van der Waals surface area contributed by atoms with Crippen LogP contribution in [-0.2, 0) is 6.42 Å². The van der Waals surface area contributed by atoms with E-state index in [-0.39, 0.29) is 0 Å². The van der Waals surface area contributed by atoms with Crippen LogP contribution < -0.4 is 0 Å². The molecule has 0 fully saturated rings. The van der Waals surface area contributed by atoms with Crippen LogP contribution >= 0.6 is 15.9 Å². The van der Waals surface area contributed by atoms with Crippen molar-refractivity contribution in [2.45, 2.75) is 12.3 Å². The van der Waals surface area contributed by atoms with Crippen LogP contribution in [0, 0.1) is 0 Å². The highest BCUT2D eigenvalue weighted by Crippen LogP contribution is 2.45. The van der Waals surface area contributed by atoms with E-state index in [1.54, 1.807) is 0 Å². The van der Waals surface area contributed by atoms with Crippen molar-refractivity contribution >= 4 is 15.9 Å². The highest BCUT2D eigenvalue weighted by Gasteiger charge is 2.27. The van der Waals surface area contributed by atoms with Gasteiger partial charge in [-0.25, -0.2) is 0 Å². The Balaban J connectivity index is 1.82. The van der Waals surface area contributed by atoms with Crippen molar-refractivity contribution in [1.29, 1.82) is 0 Å². The first-order chi connectivity index (χ1) is 10.3. The van der Waals surface area contributed by atoms with E-state index in [4.69, 9.17) is 0 Å². The quantitative estimate of drug-likeness (QED) is 0.555. The van der Waals surface area contributed by atoms with Crippen LogP contribution in [0.5, 0.6) is 0 Å². The molecule has 0 aromatic heterocycles. The maximum atomic E-state index is 3.57. The van der Waals surface area contributed by atoms with Crippen molar-refractivity contribution < 1.29 is 0 Å². The summed E-state index contributed by atoms with van der Waals surface area (Å²) in [5.41, 5.74) is 7.08. The van der Waals surface area contributed by atoms with E-state index in [1.165, 1.54) is 27.8 Å². The maximum absolute atomic E-state index is 3.57. The fraction of sp³-hybridized carbons (Fsp3) is 0.100. The number of hydrogen-bond donors (Lipinski definition) is 0. The van der Waals surface area contributed by atoms with E-state index in [2.05, 4.69) is 88.7 Å². The minimum absolute atomic E-state index is 0.465. The Morgan fingerprint density at radius 1 is 0.714 bits per heavy atom. The van der Waals surface area contributed by atoms with E-state index >= 15 is 0 Å². The zero-order valence-corrected chi connectivity index (χ0v) is 13.2. The van der Waals surface area contributed by atoms with Crippen LogP contribution in [-0.4, -0.2) is 0 Å². The topological polar surface area (TPSA) is 0 Å². The molecule has 0 heterocycles. The highest BCUT2D eigenvalue weighted by molar-refractivity contribution is 9.10. The van der Waals surface area contributed by atoms with Gasteiger partial charge in [-0.3, -0.25) is 0 Å². The number of rotatable bonds is 2. The summed E-state index contributed by atoms with van der Waals surface area (Å²) in [6, 6.07) is 26.3. The fourth-order valence-electron chi connectivity index (χ4n) is 3.38. The van der Waals surface area contributed by atoms with Gasteiger partial charge in [-0.2, -0.15) is 0 Å². The Morgan fingerprint density at radius 2 is 1.33 bits per heavy atom. The summed E-state index contributed by atoms with van der Waals surface area (Å²) in [5.74, 6) is 0.465. The molecular weight excluding hydrogens is 320 g/mol. The molecular formula is C20H15Br. The highest BCUT2D eigenvalue weighted by atomic mass is 79.9. The van der Waals surface area contributed by atoms with Crippen LogP contribution in [0.3, 0.4) is 0 Å². The van der Waals surface area contributed by atoms with Crippen molar-refractivity contribution in [2.24, 2.45) is 0 Å². The normalized spacial score (nSPS) is 13.0. The van der Waals surface area contributed by atoms with E-state index in [1.807, 2.05) is 0 Å². The molecule has 1 aliphatic rings. The summed E-state index contributed by atoms with van der Waals surface area (Å²) in [6.45, 7) is 0. The molecule has 3 aromatic carbocycles. The molecule has 0 aliphatic heterocycles. The number of fused-ring (bicyclic) bond motifs is 3. The molecule has 4 rings (SSSR count). The van der Waals surface area contributed by atoms with Gasteiger partial charge in [0.05, 0.1) is 0 Å². The molecule has 0 unspecified atom stereocenters. The van der Waals surface area contributed by atoms with Crippen LogP contribution in [0.15, 0.2) is 77.3 Å². The summed E-state index contributed by atoms with van der Waals surface area (Å²) in [5, 5.41) is 0. The zero-order valence-electron chi connectivity index (χ0n) is 11.6. The predicted octanol–water partition coefficient (Wildman–Crippen LogP) is 5.80. The molecule has 0 bridgehead atoms. The van der Waals surface area contributed by atoms with Gasteiger partial charge in [-0.05, 0) is 46.4 Å². The molecule has 0 atom stereocenters. The van der Waals surface area contributed by atoms with E-state index in [9.17, 15) is 0 Å². The monoisotopic (exact) mass is 334 g/mol. The zero-order chi connectivity index (χ0) is 14.2. The fourth-order valence-corrected chi connectivity index (χ4v) is 3.83. The van der Waals surface area contributed by atoms with Crippen molar-refractivity contribution in [3.8, 4) is 11.1 Å². The molecule has 0 N–H and O–H groups in total. The van der Waals surface area contributed by atoms with Gasteiger partial charge in [0.1, 0.15) is 0 Å². The first-order valence-electron chi connectivity index (χ1n) is 7.25. The standard InChI is InChI=1S/C20H15Br/c21-15-7-5-6-14(12-15)13-20-18-10-3-1-8-16(18)17-9-2-4-11-19(17)20/h1-12,20H,13H2. The smallest absolute Gasteiger partial charge is 0.0178 e. The van der Waals surface area contributed by atoms with Gasteiger partial charge < -0.3 is 0 Å². The second kappa shape index (κ2) is 5.16. The first-order valence-corrected chi connectivity index (χ1v) is 8.05. The molecule has 0 amide bonds. The average Bonchev–Trinajstić information content (AvgIpc) is 2.83.